The van der Waals surface area contributed by atoms with E-state index in [9.17, 15) is 4.39 Å². The fraction of sp³-hybridized carbons (Fsp3) is 0.647. The molecule has 0 saturated heterocycles. The van der Waals surface area contributed by atoms with E-state index < -0.39 is 0 Å². The van der Waals surface area contributed by atoms with E-state index in [1.54, 1.807) is 13.2 Å². The summed E-state index contributed by atoms with van der Waals surface area (Å²) in [6.45, 7) is 10.5. The molecular weight excluding hydrogens is 267 g/mol. The predicted molar refractivity (Wildman–Crippen MR) is 87.5 cm³/mol. The van der Waals surface area contributed by atoms with Crippen LogP contribution in [0.2, 0.25) is 0 Å². The second kappa shape index (κ2) is 9.00. The minimum Gasteiger partial charge on any atom is -0.383 e. The van der Waals surface area contributed by atoms with E-state index in [4.69, 9.17) is 4.74 Å². The standard InChI is InChI=1S/C17H29FN2O/c1-6-13(3)20(10-11-21-5)17-9-8-15(12-16(17)18)14(4)19-7-2/h8-9,12-14,19H,6-7,10-11H2,1-5H3. The van der Waals surface area contributed by atoms with E-state index >= 15 is 0 Å². The SMILES string of the molecule is CCNC(C)c1ccc(N(CCOC)C(C)CC)c(F)c1. The molecule has 1 aromatic rings. The van der Waals surface area contributed by atoms with Crippen LogP contribution in [0, 0.1) is 5.82 Å². The summed E-state index contributed by atoms with van der Waals surface area (Å²) in [5.41, 5.74) is 1.64. The zero-order valence-electron chi connectivity index (χ0n) is 13.9. The molecule has 4 heteroatoms. The smallest absolute Gasteiger partial charge is 0.146 e. The highest BCUT2D eigenvalue weighted by atomic mass is 19.1. The molecule has 1 aromatic carbocycles. The van der Waals surface area contributed by atoms with Crippen LogP contribution in [0.3, 0.4) is 0 Å². The van der Waals surface area contributed by atoms with E-state index in [0.29, 0.717) is 18.8 Å². The maximum atomic E-state index is 14.5. The Hall–Kier alpha value is -1.13. The van der Waals surface area contributed by atoms with Gasteiger partial charge in [-0.15, -0.1) is 0 Å². The van der Waals surface area contributed by atoms with E-state index in [0.717, 1.165) is 18.5 Å². The lowest BCUT2D eigenvalue weighted by molar-refractivity contribution is 0.203. The van der Waals surface area contributed by atoms with Crippen molar-refractivity contribution in [2.24, 2.45) is 0 Å². The number of nitrogens with zero attached hydrogens (tertiary/aromatic N) is 1. The highest BCUT2D eigenvalue weighted by molar-refractivity contribution is 5.50. The summed E-state index contributed by atoms with van der Waals surface area (Å²) in [5.74, 6) is -0.159. The second-order valence-corrected chi connectivity index (χ2v) is 5.43. The summed E-state index contributed by atoms with van der Waals surface area (Å²) in [6, 6.07) is 5.99. The van der Waals surface area contributed by atoms with Crippen molar-refractivity contribution in [3.63, 3.8) is 0 Å². The van der Waals surface area contributed by atoms with Crippen molar-refractivity contribution in [2.45, 2.75) is 46.2 Å². The third-order valence-electron chi connectivity index (χ3n) is 3.95. The lowest BCUT2D eigenvalue weighted by atomic mass is 10.1. The molecule has 2 unspecified atom stereocenters. The molecule has 0 fully saturated rings. The van der Waals surface area contributed by atoms with Crippen molar-refractivity contribution >= 4 is 5.69 Å². The second-order valence-electron chi connectivity index (χ2n) is 5.43. The molecule has 0 heterocycles. The van der Waals surface area contributed by atoms with Crippen molar-refractivity contribution in [1.82, 2.24) is 5.32 Å². The van der Waals surface area contributed by atoms with Crippen LogP contribution in [-0.2, 0) is 4.74 Å². The first-order valence-electron chi connectivity index (χ1n) is 7.83. The lowest BCUT2D eigenvalue weighted by Gasteiger charge is -2.31. The zero-order valence-corrected chi connectivity index (χ0v) is 13.9. The molecular formula is C17H29FN2O. The monoisotopic (exact) mass is 296 g/mol. The Labute approximate surface area is 128 Å². The van der Waals surface area contributed by atoms with Gasteiger partial charge in [-0.2, -0.15) is 0 Å². The molecule has 1 rings (SSSR count). The summed E-state index contributed by atoms with van der Waals surface area (Å²) in [5, 5.41) is 3.31. The Balaban J connectivity index is 2.98. The number of halogens is 1. The predicted octanol–water partition coefficient (Wildman–Crippen LogP) is 3.75. The molecule has 0 aliphatic carbocycles. The summed E-state index contributed by atoms with van der Waals surface area (Å²) >= 11 is 0. The van der Waals surface area contributed by atoms with Gasteiger partial charge in [-0.05, 0) is 44.5 Å². The Morgan fingerprint density at radius 1 is 1.29 bits per heavy atom. The van der Waals surface area contributed by atoms with Crippen LogP contribution in [0.4, 0.5) is 10.1 Å². The molecule has 0 radical (unpaired) electrons. The normalized spacial score (nSPS) is 14.0. The molecule has 0 spiro atoms. The van der Waals surface area contributed by atoms with Crippen LogP contribution in [0.1, 0.15) is 45.7 Å². The van der Waals surface area contributed by atoms with Gasteiger partial charge in [0.1, 0.15) is 5.82 Å². The summed E-state index contributed by atoms with van der Waals surface area (Å²) in [7, 11) is 1.67. The minimum absolute atomic E-state index is 0.159. The number of hydrogen-bond acceptors (Lipinski definition) is 3. The number of anilines is 1. The molecule has 0 amide bonds. The molecule has 3 nitrogen and oxygen atoms in total. The van der Waals surface area contributed by atoms with Crippen LogP contribution >= 0.6 is 0 Å². The fourth-order valence-corrected chi connectivity index (χ4v) is 2.44. The quantitative estimate of drug-likeness (QED) is 0.751. The molecule has 0 aliphatic rings. The molecule has 0 saturated carbocycles. The first kappa shape index (κ1) is 17.9. The van der Waals surface area contributed by atoms with Gasteiger partial charge < -0.3 is 15.0 Å². The highest BCUT2D eigenvalue weighted by Crippen LogP contribution is 2.25. The highest BCUT2D eigenvalue weighted by Gasteiger charge is 2.17. The van der Waals surface area contributed by atoms with Crippen LogP contribution in [0.15, 0.2) is 18.2 Å². The van der Waals surface area contributed by atoms with Crippen molar-refractivity contribution in [1.29, 1.82) is 0 Å². The van der Waals surface area contributed by atoms with E-state index in [-0.39, 0.29) is 17.9 Å². The molecule has 0 aromatic heterocycles. The average molecular weight is 296 g/mol. The maximum Gasteiger partial charge on any atom is 0.146 e. The van der Waals surface area contributed by atoms with Gasteiger partial charge in [0.15, 0.2) is 0 Å². The van der Waals surface area contributed by atoms with Gasteiger partial charge >= 0.3 is 0 Å². The largest absolute Gasteiger partial charge is 0.383 e. The van der Waals surface area contributed by atoms with Crippen LogP contribution in [0.5, 0.6) is 0 Å². The van der Waals surface area contributed by atoms with Gasteiger partial charge in [-0.3, -0.25) is 0 Å². The Kier molecular flexibility index (Phi) is 7.68. The Bertz CT molecular complexity index is 425. The third-order valence-corrected chi connectivity index (χ3v) is 3.95. The number of nitrogens with one attached hydrogen (secondary N) is 1. The Morgan fingerprint density at radius 2 is 2.00 bits per heavy atom. The summed E-state index contributed by atoms with van der Waals surface area (Å²) in [4.78, 5) is 2.08. The van der Waals surface area contributed by atoms with Crippen molar-refractivity contribution in [3.8, 4) is 0 Å². The minimum atomic E-state index is -0.159. The van der Waals surface area contributed by atoms with Crippen molar-refractivity contribution < 1.29 is 9.13 Å². The molecule has 21 heavy (non-hydrogen) atoms. The topological polar surface area (TPSA) is 24.5 Å². The number of hydrogen-bond donors (Lipinski definition) is 1. The van der Waals surface area contributed by atoms with E-state index in [2.05, 4.69) is 37.9 Å². The number of methoxy groups -OCH3 is 1. The maximum absolute atomic E-state index is 14.5. The van der Waals surface area contributed by atoms with Gasteiger partial charge in [0.2, 0.25) is 0 Å². The van der Waals surface area contributed by atoms with Crippen LogP contribution in [-0.4, -0.2) is 32.8 Å². The third kappa shape index (κ3) is 4.97. The van der Waals surface area contributed by atoms with E-state index in [1.165, 1.54) is 0 Å². The van der Waals surface area contributed by atoms with Gasteiger partial charge in [-0.25, -0.2) is 4.39 Å². The molecule has 1 N–H and O–H groups in total. The Morgan fingerprint density at radius 3 is 2.52 bits per heavy atom. The number of benzene rings is 1. The average Bonchev–Trinajstić information content (AvgIpc) is 2.48. The summed E-state index contributed by atoms with van der Waals surface area (Å²) in [6.07, 6.45) is 0.971. The van der Waals surface area contributed by atoms with Gasteiger partial charge in [-0.1, -0.05) is 19.9 Å². The molecule has 0 bridgehead atoms. The van der Waals surface area contributed by atoms with Gasteiger partial charge in [0.25, 0.3) is 0 Å². The molecule has 120 valence electrons. The first-order chi connectivity index (χ1) is 10.0. The fourth-order valence-electron chi connectivity index (χ4n) is 2.44. The molecule has 0 aliphatic heterocycles. The first-order valence-corrected chi connectivity index (χ1v) is 7.83. The van der Waals surface area contributed by atoms with Crippen molar-refractivity contribution in [3.05, 3.63) is 29.6 Å². The number of rotatable bonds is 9. The lowest BCUT2D eigenvalue weighted by Crippen LogP contribution is -2.36. The summed E-state index contributed by atoms with van der Waals surface area (Å²) < 4.78 is 19.7. The van der Waals surface area contributed by atoms with Gasteiger partial charge in [0.05, 0.1) is 12.3 Å². The molecule has 2 atom stereocenters. The van der Waals surface area contributed by atoms with Gasteiger partial charge in [0, 0.05) is 25.7 Å². The van der Waals surface area contributed by atoms with Crippen LogP contribution < -0.4 is 10.2 Å². The van der Waals surface area contributed by atoms with E-state index in [1.807, 2.05) is 12.1 Å². The van der Waals surface area contributed by atoms with Crippen LogP contribution in [0.25, 0.3) is 0 Å². The number of ether oxygens (including phenoxy) is 1. The zero-order chi connectivity index (χ0) is 15.8. The van der Waals surface area contributed by atoms with Crippen molar-refractivity contribution in [2.75, 3.05) is 31.7 Å².